The third kappa shape index (κ3) is 3.69. The van der Waals surface area contributed by atoms with Crippen LogP contribution in [0.25, 0.3) is 0 Å². The first-order valence-electron chi connectivity index (χ1n) is 4.23. The first-order chi connectivity index (χ1) is 5.63. The van der Waals surface area contributed by atoms with Crippen molar-refractivity contribution in [1.29, 1.82) is 0 Å². The summed E-state index contributed by atoms with van der Waals surface area (Å²) in [5, 5.41) is 8.58. The average Bonchev–Trinajstić information content (AvgIpc) is 2.04. The van der Waals surface area contributed by atoms with Crippen molar-refractivity contribution in [3.05, 3.63) is 0 Å². The topological polar surface area (TPSA) is 66.6 Å². The molecule has 4 nitrogen and oxygen atoms in total. The lowest BCUT2D eigenvalue weighted by molar-refractivity contribution is -0.131. The van der Waals surface area contributed by atoms with Gasteiger partial charge in [0.2, 0.25) is 5.91 Å². The summed E-state index contributed by atoms with van der Waals surface area (Å²) >= 11 is 0. The number of amides is 1. The summed E-state index contributed by atoms with van der Waals surface area (Å²) in [7, 11) is 0. The maximum absolute atomic E-state index is 11.2. The van der Waals surface area contributed by atoms with Gasteiger partial charge < -0.3 is 15.7 Å². The lowest BCUT2D eigenvalue weighted by Gasteiger charge is -2.25. The number of nitrogens with zero attached hydrogens (tertiary/aromatic N) is 1. The fourth-order valence-corrected chi connectivity index (χ4v) is 1.03. The van der Waals surface area contributed by atoms with Crippen molar-refractivity contribution in [2.45, 2.75) is 26.3 Å². The SMILES string of the molecule is CC(C)N(CCCO)C(=O)CN. The van der Waals surface area contributed by atoms with Crippen LogP contribution in [0, 0.1) is 0 Å². The molecule has 0 spiro atoms. The van der Waals surface area contributed by atoms with Gasteiger partial charge in [-0.15, -0.1) is 0 Å². The van der Waals surface area contributed by atoms with Crippen LogP contribution in [-0.4, -0.2) is 41.7 Å². The Morgan fingerprint density at radius 3 is 2.50 bits per heavy atom. The molecule has 0 saturated heterocycles. The minimum Gasteiger partial charge on any atom is -0.396 e. The summed E-state index contributed by atoms with van der Waals surface area (Å²) < 4.78 is 0. The minimum atomic E-state index is -0.0570. The summed E-state index contributed by atoms with van der Waals surface area (Å²) in [5.41, 5.74) is 5.23. The van der Waals surface area contributed by atoms with Gasteiger partial charge in [-0.2, -0.15) is 0 Å². The second-order valence-corrected chi connectivity index (χ2v) is 2.96. The Morgan fingerprint density at radius 2 is 2.17 bits per heavy atom. The number of carbonyl (C=O) groups excluding carboxylic acids is 1. The third-order valence-corrected chi connectivity index (χ3v) is 1.68. The van der Waals surface area contributed by atoms with Crippen molar-refractivity contribution < 1.29 is 9.90 Å². The van der Waals surface area contributed by atoms with Crippen molar-refractivity contribution in [2.75, 3.05) is 19.7 Å². The third-order valence-electron chi connectivity index (χ3n) is 1.68. The molecule has 3 N–H and O–H groups in total. The number of carbonyl (C=O) groups is 1. The van der Waals surface area contributed by atoms with Crippen molar-refractivity contribution in [1.82, 2.24) is 4.90 Å². The van der Waals surface area contributed by atoms with Crippen LogP contribution in [0.2, 0.25) is 0 Å². The Hall–Kier alpha value is -0.610. The van der Waals surface area contributed by atoms with E-state index in [1.165, 1.54) is 0 Å². The van der Waals surface area contributed by atoms with Gasteiger partial charge in [0.05, 0.1) is 6.54 Å². The molecule has 0 atom stereocenters. The van der Waals surface area contributed by atoms with E-state index in [9.17, 15) is 4.79 Å². The number of rotatable bonds is 5. The zero-order valence-corrected chi connectivity index (χ0v) is 7.79. The lowest BCUT2D eigenvalue weighted by Crippen LogP contribution is -2.41. The number of hydrogen-bond acceptors (Lipinski definition) is 3. The molecule has 0 aromatic carbocycles. The number of aliphatic hydroxyl groups excluding tert-OH is 1. The first-order valence-corrected chi connectivity index (χ1v) is 4.23. The van der Waals surface area contributed by atoms with Crippen LogP contribution in [-0.2, 0) is 4.79 Å². The largest absolute Gasteiger partial charge is 0.396 e. The van der Waals surface area contributed by atoms with Crippen LogP contribution in [0.1, 0.15) is 20.3 Å². The number of aliphatic hydroxyl groups is 1. The predicted molar refractivity (Wildman–Crippen MR) is 47.6 cm³/mol. The van der Waals surface area contributed by atoms with Crippen LogP contribution in [0.5, 0.6) is 0 Å². The molecule has 0 unspecified atom stereocenters. The molecule has 12 heavy (non-hydrogen) atoms. The van der Waals surface area contributed by atoms with Crippen molar-refractivity contribution in [3.8, 4) is 0 Å². The number of hydrogen-bond donors (Lipinski definition) is 2. The molecule has 0 aromatic rings. The van der Waals surface area contributed by atoms with E-state index in [4.69, 9.17) is 10.8 Å². The van der Waals surface area contributed by atoms with Crippen LogP contribution in [0.3, 0.4) is 0 Å². The molecule has 0 aliphatic rings. The van der Waals surface area contributed by atoms with Gasteiger partial charge in [-0.25, -0.2) is 0 Å². The minimum absolute atomic E-state index is 0.0452. The maximum Gasteiger partial charge on any atom is 0.236 e. The van der Waals surface area contributed by atoms with E-state index < -0.39 is 0 Å². The summed E-state index contributed by atoms with van der Waals surface area (Å²) in [4.78, 5) is 12.9. The van der Waals surface area contributed by atoms with E-state index in [2.05, 4.69) is 0 Å². The molecule has 72 valence electrons. The van der Waals surface area contributed by atoms with Crippen LogP contribution >= 0.6 is 0 Å². The van der Waals surface area contributed by atoms with E-state index in [0.717, 1.165) is 0 Å². The molecule has 0 aromatic heterocycles. The maximum atomic E-state index is 11.2. The van der Waals surface area contributed by atoms with Crippen molar-refractivity contribution >= 4 is 5.91 Å². The van der Waals surface area contributed by atoms with E-state index in [1.54, 1.807) is 4.90 Å². The number of nitrogens with two attached hydrogens (primary N) is 1. The molecular formula is C8H18N2O2. The smallest absolute Gasteiger partial charge is 0.236 e. The molecule has 0 saturated carbocycles. The Balaban J connectivity index is 3.95. The highest BCUT2D eigenvalue weighted by Gasteiger charge is 2.13. The van der Waals surface area contributed by atoms with Gasteiger partial charge in [0.15, 0.2) is 0 Å². The van der Waals surface area contributed by atoms with Crippen molar-refractivity contribution in [2.24, 2.45) is 5.73 Å². The van der Waals surface area contributed by atoms with Gasteiger partial charge in [-0.3, -0.25) is 4.79 Å². The first kappa shape index (κ1) is 11.4. The quantitative estimate of drug-likeness (QED) is 0.594. The zero-order chi connectivity index (χ0) is 9.56. The Kier molecular flexibility index (Phi) is 5.66. The average molecular weight is 174 g/mol. The highest BCUT2D eigenvalue weighted by Crippen LogP contribution is 1.99. The predicted octanol–water partition coefficient (Wildman–Crippen LogP) is -0.435. The molecule has 1 amide bonds. The monoisotopic (exact) mass is 174 g/mol. The fourth-order valence-electron chi connectivity index (χ4n) is 1.03. The second kappa shape index (κ2) is 5.97. The molecule has 0 fully saturated rings. The molecule has 0 radical (unpaired) electrons. The van der Waals surface area contributed by atoms with Gasteiger partial charge in [0.25, 0.3) is 0 Å². The van der Waals surface area contributed by atoms with Gasteiger partial charge in [-0.1, -0.05) is 0 Å². The van der Waals surface area contributed by atoms with Crippen molar-refractivity contribution in [3.63, 3.8) is 0 Å². The van der Waals surface area contributed by atoms with Crippen LogP contribution in [0.15, 0.2) is 0 Å². The molecule has 0 aliphatic carbocycles. The lowest BCUT2D eigenvalue weighted by atomic mass is 10.3. The molecule has 0 aliphatic heterocycles. The second-order valence-electron chi connectivity index (χ2n) is 2.96. The zero-order valence-electron chi connectivity index (χ0n) is 7.79. The molecule has 0 rings (SSSR count). The summed E-state index contributed by atoms with van der Waals surface area (Å²) in [6.07, 6.45) is 0.615. The fraction of sp³-hybridized carbons (Fsp3) is 0.875. The van der Waals surface area contributed by atoms with Crippen LogP contribution < -0.4 is 5.73 Å². The molecule has 0 heterocycles. The van der Waals surface area contributed by atoms with Crippen LogP contribution in [0.4, 0.5) is 0 Å². The highest BCUT2D eigenvalue weighted by molar-refractivity contribution is 5.78. The Labute approximate surface area is 73.3 Å². The van der Waals surface area contributed by atoms with E-state index in [-0.39, 0.29) is 25.1 Å². The van der Waals surface area contributed by atoms with Gasteiger partial charge in [-0.05, 0) is 20.3 Å². The molecule has 0 bridgehead atoms. The normalized spacial score (nSPS) is 10.4. The molecular weight excluding hydrogens is 156 g/mol. The van der Waals surface area contributed by atoms with Gasteiger partial charge in [0.1, 0.15) is 0 Å². The summed E-state index contributed by atoms with van der Waals surface area (Å²) in [6.45, 7) is 4.62. The standard InChI is InChI=1S/C8H18N2O2/c1-7(2)10(4-3-5-11)8(12)6-9/h7,11H,3-6,9H2,1-2H3. The van der Waals surface area contributed by atoms with E-state index in [1.807, 2.05) is 13.8 Å². The van der Waals surface area contributed by atoms with E-state index in [0.29, 0.717) is 13.0 Å². The Bertz CT molecular complexity index is 137. The van der Waals surface area contributed by atoms with Gasteiger partial charge in [0, 0.05) is 19.2 Å². The summed E-state index contributed by atoms with van der Waals surface area (Å²) in [6, 6.07) is 0.160. The summed E-state index contributed by atoms with van der Waals surface area (Å²) in [5.74, 6) is -0.0570. The molecule has 4 heteroatoms. The van der Waals surface area contributed by atoms with Gasteiger partial charge >= 0.3 is 0 Å². The van der Waals surface area contributed by atoms with E-state index >= 15 is 0 Å². The Morgan fingerprint density at radius 1 is 1.58 bits per heavy atom. The highest BCUT2D eigenvalue weighted by atomic mass is 16.3.